The molecule has 130 valence electrons. The summed E-state index contributed by atoms with van der Waals surface area (Å²) in [6.07, 6.45) is 1.15. The SMILES string of the molecule is Cc1ccc(S(=O)(=O)OC2CC(O[Si](C)(C)C(C)(C)C)C2)cc1. The van der Waals surface area contributed by atoms with Crippen LogP contribution in [0.3, 0.4) is 0 Å². The molecule has 6 heteroatoms. The first-order valence-electron chi connectivity index (χ1n) is 8.08. The number of hydrogen-bond acceptors (Lipinski definition) is 4. The van der Waals surface area contributed by atoms with Crippen LogP contribution in [0.2, 0.25) is 18.1 Å². The van der Waals surface area contributed by atoms with Gasteiger partial charge >= 0.3 is 0 Å². The molecule has 23 heavy (non-hydrogen) atoms. The van der Waals surface area contributed by atoms with Gasteiger partial charge < -0.3 is 4.43 Å². The average Bonchev–Trinajstić information content (AvgIpc) is 2.35. The highest BCUT2D eigenvalue weighted by molar-refractivity contribution is 7.86. The predicted molar refractivity (Wildman–Crippen MR) is 94.5 cm³/mol. The second kappa shape index (κ2) is 6.31. The van der Waals surface area contributed by atoms with Gasteiger partial charge in [-0.05, 0) is 37.2 Å². The minimum absolute atomic E-state index is 0.120. The zero-order valence-electron chi connectivity index (χ0n) is 14.9. The Kier molecular flexibility index (Phi) is 5.12. The first-order chi connectivity index (χ1) is 10.4. The highest BCUT2D eigenvalue weighted by Gasteiger charge is 2.43. The fraction of sp³-hybridized carbons (Fsp3) is 0.647. The molecule has 1 aliphatic carbocycles. The molecule has 4 nitrogen and oxygen atoms in total. The lowest BCUT2D eigenvalue weighted by molar-refractivity contribution is 0.000433. The Morgan fingerprint density at radius 1 is 1.04 bits per heavy atom. The molecule has 1 fully saturated rings. The second-order valence-corrected chi connectivity index (χ2v) is 14.3. The van der Waals surface area contributed by atoms with E-state index in [0.29, 0.717) is 12.8 Å². The van der Waals surface area contributed by atoms with Gasteiger partial charge in [0.15, 0.2) is 8.32 Å². The van der Waals surface area contributed by atoms with Gasteiger partial charge in [0.2, 0.25) is 0 Å². The van der Waals surface area contributed by atoms with Crippen LogP contribution < -0.4 is 0 Å². The van der Waals surface area contributed by atoms with Crippen molar-refractivity contribution in [3.63, 3.8) is 0 Å². The van der Waals surface area contributed by atoms with Crippen LogP contribution in [0, 0.1) is 6.92 Å². The second-order valence-electron chi connectivity index (χ2n) is 7.96. The van der Waals surface area contributed by atoms with E-state index in [1.165, 1.54) is 0 Å². The third-order valence-corrected chi connectivity index (χ3v) is 10.8. The predicted octanol–water partition coefficient (Wildman–Crippen LogP) is 4.25. The summed E-state index contributed by atoms with van der Waals surface area (Å²) in [7, 11) is -5.48. The smallest absolute Gasteiger partial charge is 0.297 e. The zero-order valence-corrected chi connectivity index (χ0v) is 16.7. The molecule has 0 saturated heterocycles. The van der Waals surface area contributed by atoms with Crippen molar-refractivity contribution in [2.24, 2.45) is 0 Å². The van der Waals surface area contributed by atoms with Gasteiger partial charge in [0.25, 0.3) is 10.1 Å². The molecule has 0 bridgehead atoms. The van der Waals surface area contributed by atoms with E-state index in [4.69, 9.17) is 8.61 Å². The van der Waals surface area contributed by atoms with Crippen LogP contribution in [0.1, 0.15) is 39.2 Å². The summed E-state index contributed by atoms with van der Waals surface area (Å²) in [6, 6.07) is 6.74. The maximum Gasteiger partial charge on any atom is 0.297 e. The minimum atomic E-state index is -3.68. The minimum Gasteiger partial charge on any atom is -0.414 e. The summed E-state index contributed by atoms with van der Waals surface area (Å²) in [4.78, 5) is 0.219. The van der Waals surface area contributed by atoms with Gasteiger partial charge in [0.05, 0.1) is 17.1 Å². The molecular weight excluding hydrogens is 328 g/mol. The molecule has 0 aliphatic heterocycles. The number of aryl methyl sites for hydroxylation is 1. The van der Waals surface area contributed by atoms with Crippen LogP contribution in [0.5, 0.6) is 0 Å². The van der Waals surface area contributed by atoms with Crippen LogP contribution in [-0.2, 0) is 18.7 Å². The lowest BCUT2D eigenvalue weighted by Crippen LogP contribution is -2.49. The van der Waals surface area contributed by atoms with E-state index < -0.39 is 18.4 Å². The Balaban J connectivity index is 1.90. The summed E-state index contributed by atoms with van der Waals surface area (Å²) in [6.45, 7) is 13.0. The van der Waals surface area contributed by atoms with Crippen molar-refractivity contribution in [2.75, 3.05) is 0 Å². The van der Waals surface area contributed by atoms with Crippen LogP contribution in [-0.4, -0.2) is 28.9 Å². The monoisotopic (exact) mass is 356 g/mol. The Morgan fingerprint density at radius 2 is 1.57 bits per heavy atom. The van der Waals surface area contributed by atoms with Gasteiger partial charge in [-0.15, -0.1) is 0 Å². The van der Waals surface area contributed by atoms with Gasteiger partial charge in [0.1, 0.15) is 0 Å². The molecule has 0 unspecified atom stereocenters. The van der Waals surface area contributed by atoms with E-state index in [1.807, 2.05) is 6.92 Å². The molecule has 1 aliphatic rings. The molecule has 1 aromatic carbocycles. The summed E-state index contributed by atoms with van der Waals surface area (Å²) in [5, 5.41) is 0.160. The molecule has 0 N–H and O–H groups in total. The van der Waals surface area contributed by atoms with E-state index in [2.05, 4.69) is 33.9 Å². The first kappa shape index (κ1) is 18.6. The fourth-order valence-corrected chi connectivity index (χ4v) is 4.70. The molecule has 0 spiro atoms. The van der Waals surface area contributed by atoms with Crippen LogP contribution in [0.25, 0.3) is 0 Å². The van der Waals surface area contributed by atoms with Crippen LogP contribution >= 0.6 is 0 Å². The molecule has 1 aromatic rings. The molecule has 0 amide bonds. The normalized spacial score (nSPS) is 22.7. The van der Waals surface area contributed by atoms with Crippen molar-refractivity contribution in [1.82, 2.24) is 0 Å². The Hall–Kier alpha value is -0.693. The number of benzene rings is 1. The van der Waals surface area contributed by atoms with Crippen LogP contribution in [0.15, 0.2) is 29.2 Å². The maximum absolute atomic E-state index is 12.2. The van der Waals surface area contributed by atoms with Crippen molar-refractivity contribution < 1.29 is 17.0 Å². The molecule has 0 aromatic heterocycles. The summed E-state index contributed by atoms with van der Waals surface area (Å²) in [5.41, 5.74) is 1.02. The van der Waals surface area contributed by atoms with Crippen molar-refractivity contribution in [2.45, 2.75) is 75.8 Å². The summed E-state index contributed by atoms with van der Waals surface area (Å²) < 4.78 is 36.1. The van der Waals surface area contributed by atoms with Crippen molar-refractivity contribution >= 4 is 18.4 Å². The fourth-order valence-electron chi connectivity index (χ4n) is 2.23. The van der Waals surface area contributed by atoms with E-state index >= 15 is 0 Å². The maximum atomic E-state index is 12.2. The Morgan fingerprint density at radius 3 is 2.04 bits per heavy atom. The third kappa shape index (κ3) is 4.44. The lowest BCUT2D eigenvalue weighted by Gasteiger charge is -2.44. The summed E-state index contributed by atoms with van der Waals surface area (Å²) >= 11 is 0. The van der Waals surface area contributed by atoms with Crippen molar-refractivity contribution in [3.05, 3.63) is 29.8 Å². The van der Waals surface area contributed by atoms with E-state index in [9.17, 15) is 8.42 Å². The Labute approximate surface area is 141 Å². The first-order valence-corrected chi connectivity index (χ1v) is 12.4. The van der Waals surface area contributed by atoms with Crippen molar-refractivity contribution in [3.8, 4) is 0 Å². The quantitative estimate of drug-likeness (QED) is 0.584. The largest absolute Gasteiger partial charge is 0.414 e. The van der Waals surface area contributed by atoms with Crippen LogP contribution in [0.4, 0.5) is 0 Å². The van der Waals surface area contributed by atoms with Gasteiger partial charge in [-0.3, -0.25) is 4.18 Å². The van der Waals surface area contributed by atoms with Gasteiger partial charge in [0, 0.05) is 12.8 Å². The third-order valence-electron chi connectivity index (χ3n) is 4.89. The van der Waals surface area contributed by atoms with E-state index in [0.717, 1.165) is 5.56 Å². The molecule has 0 atom stereocenters. The average molecular weight is 357 g/mol. The van der Waals surface area contributed by atoms with E-state index in [1.54, 1.807) is 24.3 Å². The number of rotatable bonds is 5. The lowest BCUT2D eigenvalue weighted by atomic mass is 9.93. The molecule has 0 radical (unpaired) electrons. The van der Waals surface area contributed by atoms with Gasteiger partial charge in [-0.25, -0.2) is 0 Å². The molecular formula is C17H28O4SSi. The van der Waals surface area contributed by atoms with E-state index in [-0.39, 0.29) is 22.1 Å². The standard InChI is InChI=1S/C17H28O4SSi/c1-13-7-9-16(10-8-13)22(18,19)20-14-11-15(12-14)21-23(5,6)17(2,3)4/h7-10,14-15H,11-12H2,1-6H3. The highest BCUT2D eigenvalue weighted by atomic mass is 32.2. The molecule has 0 heterocycles. The Bertz CT molecular complexity index is 638. The highest BCUT2D eigenvalue weighted by Crippen LogP contribution is 2.41. The zero-order chi connectivity index (χ0) is 17.5. The number of hydrogen-bond donors (Lipinski definition) is 0. The topological polar surface area (TPSA) is 52.6 Å². The summed E-state index contributed by atoms with van der Waals surface area (Å²) in [5.74, 6) is 0. The van der Waals surface area contributed by atoms with Gasteiger partial charge in [-0.1, -0.05) is 38.5 Å². The van der Waals surface area contributed by atoms with Gasteiger partial charge in [-0.2, -0.15) is 8.42 Å². The van der Waals surface area contributed by atoms with Crippen molar-refractivity contribution in [1.29, 1.82) is 0 Å². The molecule has 1 saturated carbocycles. The molecule has 2 rings (SSSR count).